The smallest absolute Gasteiger partial charge is 0.154 e. The largest absolute Gasteiger partial charge is 0.329 e. The number of nitrogens with two attached hydrogens (primary N) is 2. The highest BCUT2D eigenvalue weighted by atomic mass is 35.5. The molecule has 0 rings (SSSR count). The number of alkyl halides is 2. The van der Waals surface area contributed by atoms with Gasteiger partial charge in [0.1, 0.15) is 11.6 Å². The normalized spacial score (nSPS) is 8.50. The fraction of sp³-hybridized carbons (Fsp3) is 0.667. The average molecular weight is 329 g/mol. The molecule has 0 aliphatic carbocycles. The lowest BCUT2D eigenvalue weighted by atomic mass is 10.2. The average Bonchev–Trinajstić information content (AvgIpc) is 2.38. The topological polar surface area (TPSA) is 120 Å². The first-order valence-corrected chi connectivity index (χ1v) is 6.86. The minimum Gasteiger partial charge on any atom is -0.329 e. The predicted octanol–water partition coefficient (Wildman–Crippen LogP) is 0.451. The molecule has 0 aromatic heterocycles. The fourth-order valence-corrected chi connectivity index (χ4v) is 0.839. The molecule has 0 saturated carbocycles. The van der Waals surface area contributed by atoms with Crippen molar-refractivity contribution in [2.24, 2.45) is 11.5 Å². The lowest BCUT2D eigenvalue weighted by Crippen LogP contribution is -2.11. The van der Waals surface area contributed by atoms with Crippen molar-refractivity contribution in [1.82, 2.24) is 0 Å². The highest BCUT2D eigenvalue weighted by Gasteiger charge is 2.01. The third-order valence-corrected chi connectivity index (χ3v) is 1.95. The van der Waals surface area contributed by atoms with Crippen LogP contribution in [-0.4, -0.2) is 48.0 Å². The fourth-order valence-electron chi connectivity index (χ4n) is 0.650. The van der Waals surface area contributed by atoms with E-state index in [1.165, 1.54) is 13.8 Å². The van der Waals surface area contributed by atoms with Gasteiger partial charge in [0, 0.05) is 13.1 Å². The minimum atomic E-state index is -0.209. The predicted molar refractivity (Wildman–Crippen MR) is 80.2 cm³/mol. The SMILES string of the molecule is CC(=O)CC(=O)CCl.CC(=O)CC(=O)CCl.NCCN. The second kappa shape index (κ2) is 18.2. The summed E-state index contributed by atoms with van der Waals surface area (Å²) in [6.07, 6.45) is -0.0486. The molecular weight excluding hydrogens is 307 g/mol. The summed E-state index contributed by atoms with van der Waals surface area (Å²) in [7, 11) is 0. The minimum absolute atomic E-state index is 0.0243. The second-order valence-electron chi connectivity index (χ2n) is 3.68. The second-order valence-corrected chi connectivity index (χ2v) is 4.21. The molecule has 8 heteroatoms. The number of Topliss-reactive ketones (excluding diaryl/α,β-unsaturated/α-hetero) is 4. The molecule has 0 unspecified atom stereocenters. The van der Waals surface area contributed by atoms with Crippen molar-refractivity contribution in [3.63, 3.8) is 0 Å². The van der Waals surface area contributed by atoms with Gasteiger partial charge >= 0.3 is 0 Å². The Morgan fingerprint density at radius 1 is 0.750 bits per heavy atom. The van der Waals surface area contributed by atoms with Crippen LogP contribution < -0.4 is 11.5 Å². The molecule has 0 aliphatic heterocycles. The molecule has 0 radical (unpaired) electrons. The van der Waals surface area contributed by atoms with Crippen molar-refractivity contribution >= 4 is 46.3 Å². The van der Waals surface area contributed by atoms with E-state index >= 15 is 0 Å². The van der Waals surface area contributed by atoms with Crippen molar-refractivity contribution in [2.75, 3.05) is 24.8 Å². The third-order valence-electron chi connectivity index (χ3n) is 1.36. The Kier molecular flexibility index (Phi) is 22.0. The Bertz CT molecular complexity index is 280. The lowest BCUT2D eigenvalue weighted by Gasteiger charge is -1.86. The van der Waals surface area contributed by atoms with Crippen molar-refractivity contribution in [2.45, 2.75) is 26.7 Å². The van der Waals surface area contributed by atoms with E-state index < -0.39 is 0 Å². The zero-order valence-electron chi connectivity index (χ0n) is 11.8. The van der Waals surface area contributed by atoms with Crippen LogP contribution in [0, 0.1) is 0 Å². The van der Waals surface area contributed by atoms with Gasteiger partial charge in [0.2, 0.25) is 0 Å². The molecule has 118 valence electrons. The molecule has 0 saturated heterocycles. The summed E-state index contributed by atoms with van der Waals surface area (Å²) >= 11 is 10.2. The number of halogens is 2. The van der Waals surface area contributed by atoms with Gasteiger partial charge in [-0.05, 0) is 13.8 Å². The van der Waals surface area contributed by atoms with Crippen LogP contribution >= 0.6 is 23.2 Å². The lowest BCUT2D eigenvalue weighted by molar-refractivity contribution is -0.126. The molecule has 0 aliphatic rings. The highest BCUT2D eigenvalue weighted by Crippen LogP contribution is 1.87. The number of carbonyl (C=O) groups excluding carboxylic acids is 4. The molecule has 0 atom stereocenters. The maximum absolute atomic E-state index is 10.3. The van der Waals surface area contributed by atoms with Gasteiger partial charge in [0.15, 0.2) is 11.6 Å². The third kappa shape index (κ3) is 30.3. The first-order chi connectivity index (χ1) is 9.24. The van der Waals surface area contributed by atoms with Gasteiger partial charge in [-0.1, -0.05) is 0 Å². The Hall–Kier alpha value is -0.820. The maximum Gasteiger partial charge on any atom is 0.154 e. The van der Waals surface area contributed by atoms with E-state index in [1.54, 1.807) is 0 Å². The number of rotatable bonds is 7. The van der Waals surface area contributed by atoms with E-state index in [0.29, 0.717) is 13.1 Å². The molecule has 0 fully saturated rings. The summed E-state index contributed by atoms with van der Waals surface area (Å²) < 4.78 is 0. The number of carbonyl (C=O) groups is 4. The van der Waals surface area contributed by atoms with Crippen LogP contribution in [0.25, 0.3) is 0 Å². The standard InChI is InChI=1S/2C5H7ClO2.C2H8N2/c2*1-4(7)2-5(8)3-6;3-1-2-4/h2*2-3H2,1H3;1-4H2. The summed E-state index contributed by atoms with van der Waals surface area (Å²) in [5.74, 6) is -0.788. The van der Waals surface area contributed by atoms with Gasteiger partial charge in [-0.15, -0.1) is 23.2 Å². The van der Waals surface area contributed by atoms with E-state index in [9.17, 15) is 19.2 Å². The Balaban J connectivity index is -0.000000230. The van der Waals surface area contributed by atoms with Gasteiger partial charge in [0.25, 0.3) is 0 Å². The summed E-state index contributed by atoms with van der Waals surface area (Å²) in [6, 6.07) is 0. The van der Waals surface area contributed by atoms with Crippen LogP contribution in [0.4, 0.5) is 0 Å². The van der Waals surface area contributed by atoms with Crippen molar-refractivity contribution in [3.05, 3.63) is 0 Å². The van der Waals surface area contributed by atoms with E-state index in [1.807, 2.05) is 0 Å². The number of ketones is 4. The molecule has 0 spiro atoms. The number of hydrogen-bond donors (Lipinski definition) is 2. The summed E-state index contributed by atoms with van der Waals surface area (Å²) in [5.41, 5.74) is 9.81. The molecule has 0 aromatic carbocycles. The molecule has 4 N–H and O–H groups in total. The van der Waals surface area contributed by atoms with E-state index in [2.05, 4.69) is 0 Å². The molecule has 20 heavy (non-hydrogen) atoms. The Labute approximate surface area is 129 Å². The van der Waals surface area contributed by atoms with Gasteiger partial charge in [0.05, 0.1) is 24.6 Å². The molecule has 0 amide bonds. The summed E-state index contributed by atoms with van der Waals surface area (Å²) in [5, 5.41) is 0. The zero-order chi connectivity index (χ0) is 16.6. The first kappa shape index (κ1) is 24.2. The van der Waals surface area contributed by atoms with Crippen molar-refractivity contribution < 1.29 is 19.2 Å². The van der Waals surface area contributed by atoms with Gasteiger partial charge in [-0.3, -0.25) is 19.2 Å². The van der Waals surface area contributed by atoms with Crippen LogP contribution in [0.5, 0.6) is 0 Å². The Morgan fingerprint density at radius 3 is 1.05 bits per heavy atom. The number of hydrogen-bond acceptors (Lipinski definition) is 6. The maximum atomic E-state index is 10.3. The molecule has 0 bridgehead atoms. The van der Waals surface area contributed by atoms with Gasteiger partial charge in [-0.2, -0.15) is 0 Å². The first-order valence-electron chi connectivity index (χ1n) is 5.79. The molecule has 0 aromatic rings. The Morgan fingerprint density at radius 2 is 1.00 bits per heavy atom. The van der Waals surface area contributed by atoms with Crippen LogP contribution in [0.1, 0.15) is 26.7 Å². The van der Waals surface area contributed by atoms with Crippen LogP contribution in [0.2, 0.25) is 0 Å². The zero-order valence-corrected chi connectivity index (χ0v) is 13.3. The van der Waals surface area contributed by atoms with Crippen molar-refractivity contribution in [3.8, 4) is 0 Å². The summed E-state index contributed by atoms with van der Waals surface area (Å²) in [4.78, 5) is 40.8. The highest BCUT2D eigenvalue weighted by molar-refractivity contribution is 6.29. The molecule has 6 nitrogen and oxygen atoms in total. The van der Waals surface area contributed by atoms with Crippen molar-refractivity contribution in [1.29, 1.82) is 0 Å². The van der Waals surface area contributed by atoms with Gasteiger partial charge < -0.3 is 11.5 Å². The van der Waals surface area contributed by atoms with E-state index in [4.69, 9.17) is 34.7 Å². The van der Waals surface area contributed by atoms with Crippen LogP contribution in [-0.2, 0) is 19.2 Å². The molecule has 0 heterocycles. The van der Waals surface area contributed by atoms with Gasteiger partial charge in [-0.25, -0.2) is 0 Å². The summed E-state index contributed by atoms with van der Waals surface area (Å²) in [6.45, 7) is 3.93. The quantitative estimate of drug-likeness (QED) is 0.517. The van der Waals surface area contributed by atoms with E-state index in [0.717, 1.165) is 0 Å². The monoisotopic (exact) mass is 328 g/mol. The molecular formula is C12H22Cl2N2O4. The van der Waals surface area contributed by atoms with Crippen LogP contribution in [0.15, 0.2) is 0 Å². The van der Waals surface area contributed by atoms with Crippen LogP contribution in [0.3, 0.4) is 0 Å². The van der Waals surface area contributed by atoms with E-state index in [-0.39, 0.29) is 47.7 Å².